The van der Waals surface area contributed by atoms with E-state index in [0.29, 0.717) is 25.1 Å². The molecule has 1 fully saturated rings. The number of phenols is 1. The molecule has 164 valence electrons. The van der Waals surface area contributed by atoms with Gasteiger partial charge in [0, 0.05) is 12.5 Å². The highest BCUT2D eigenvalue weighted by atomic mass is 16.3. The number of hydrogen-bond donors (Lipinski definition) is 2. The maximum Gasteiger partial charge on any atom is 0.320 e. The van der Waals surface area contributed by atoms with Crippen molar-refractivity contribution >= 4 is 11.6 Å². The van der Waals surface area contributed by atoms with E-state index in [1.54, 1.807) is 0 Å². The Morgan fingerprint density at radius 3 is 2.45 bits per heavy atom. The molecule has 0 radical (unpaired) electrons. The highest BCUT2D eigenvalue weighted by molar-refractivity contribution is 5.90. The monoisotopic (exact) mass is 404 g/mol. The Bertz CT molecular complexity index is 670. The minimum absolute atomic E-state index is 0.0265. The zero-order chi connectivity index (χ0) is 21.5. The van der Waals surface area contributed by atoms with E-state index in [0.717, 1.165) is 37.7 Å². The van der Waals surface area contributed by atoms with Crippen molar-refractivity contribution in [1.29, 1.82) is 0 Å². The quantitative estimate of drug-likeness (QED) is 0.362. The summed E-state index contributed by atoms with van der Waals surface area (Å²) >= 11 is 0. The lowest BCUT2D eigenvalue weighted by Crippen LogP contribution is -2.63. The fourth-order valence-electron chi connectivity index (χ4n) is 4.71. The number of unbranched alkanes of at least 4 members (excludes halogenated alkanes) is 4. The van der Waals surface area contributed by atoms with Crippen LogP contribution in [0.4, 0.5) is 5.69 Å². The van der Waals surface area contributed by atoms with Gasteiger partial charge in [0.05, 0.1) is 13.0 Å². The van der Waals surface area contributed by atoms with Crippen molar-refractivity contribution in [2.45, 2.75) is 110 Å². The van der Waals surface area contributed by atoms with Gasteiger partial charge in [-0.25, -0.2) is 9.28 Å². The van der Waals surface area contributed by atoms with E-state index in [9.17, 15) is 15.0 Å². The van der Waals surface area contributed by atoms with Crippen molar-refractivity contribution < 1.29 is 15.0 Å². The molecule has 0 saturated carbocycles. The number of likely N-dealkylation sites (tertiary alicyclic amines) is 1. The van der Waals surface area contributed by atoms with Gasteiger partial charge in [-0.15, -0.1) is 0 Å². The highest BCUT2D eigenvalue weighted by Crippen LogP contribution is 2.42. The number of phenolic OH excluding ortho intramolecular Hbond substituents is 1. The average Bonchev–Trinajstić information content (AvgIpc) is 2.70. The second-order valence-electron chi connectivity index (χ2n) is 9.46. The first-order chi connectivity index (χ1) is 13.8. The molecule has 2 N–H and O–H groups in total. The number of benzene rings is 1. The van der Waals surface area contributed by atoms with Crippen molar-refractivity contribution in [1.82, 2.24) is 4.48 Å². The van der Waals surface area contributed by atoms with Crippen molar-refractivity contribution in [2.75, 3.05) is 6.54 Å². The van der Waals surface area contributed by atoms with Crippen molar-refractivity contribution in [2.24, 2.45) is 0 Å². The second-order valence-corrected chi connectivity index (χ2v) is 9.46. The first-order valence-corrected chi connectivity index (χ1v) is 11.7. The predicted molar refractivity (Wildman–Crippen MR) is 121 cm³/mol. The van der Waals surface area contributed by atoms with E-state index in [1.165, 1.54) is 25.7 Å². The van der Waals surface area contributed by atoms with E-state index in [4.69, 9.17) is 0 Å². The summed E-state index contributed by atoms with van der Waals surface area (Å²) < 4.78 is -0.108. The Labute approximate surface area is 177 Å². The molecule has 1 amide bonds. The highest BCUT2D eigenvalue weighted by Gasteiger charge is 2.48. The first-order valence-electron chi connectivity index (χ1n) is 11.7. The van der Waals surface area contributed by atoms with Gasteiger partial charge in [-0.3, -0.25) is 0 Å². The van der Waals surface area contributed by atoms with Gasteiger partial charge in [0.2, 0.25) is 6.23 Å². The largest absolute Gasteiger partial charge is 0.503 e. The maximum atomic E-state index is 13.2. The number of aliphatic hydroxyl groups excluding tert-OH is 1. The SMILES string of the molecule is CCCCCCC(C)(C)c1ccc([N+]2(C(=O)CCCC)CCCCC2O)c(O)c1. The number of amides is 1. The van der Waals surface area contributed by atoms with Crippen LogP contribution in [0, 0.1) is 0 Å². The molecule has 1 heterocycles. The van der Waals surface area contributed by atoms with Crippen LogP contribution in [-0.4, -0.2) is 28.9 Å². The third-order valence-electron chi connectivity index (χ3n) is 6.76. The third kappa shape index (κ3) is 5.40. The number of carbonyl (C=O) groups is 1. The van der Waals surface area contributed by atoms with Gasteiger partial charge in [0.25, 0.3) is 0 Å². The van der Waals surface area contributed by atoms with Crippen LogP contribution < -0.4 is 4.48 Å². The van der Waals surface area contributed by atoms with Gasteiger partial charge < -0.3 is 10.2 Å². The van der Waals surface area contributed by atoms with Crippen LogP contribution in [0.25, 0.3) is 0 Å². The van der Waals surface area contributed by atoms with Gasteiger partial charge in [-0.2, -0.15) is 0 Å². The average molecular weight is 405 g/mol. The number of carbonyl (C=O) groups excluding carboxylic acids is 1. The summed E-state index contributed by atoms with van der Waals surface area (Å²) in [5.41, 5.74) is 1.64. The lowest BCUT2D eigenvalue weighted by atomic mass is 9.79. The second kappa shape index (κ2) is 10.6. The normalized spacial score (nSPS) is 22.6. The fraction of sp³-hybridized carbons (Fsp3) is 0.720. The first kappa shape index (κ1) is 23.9. The molecule has 1 aliphatic rings. The number of aliphatic hydroxyl groups is 1. The topological polar surface area (TPSA) is 57.5 Å². The van der Waals surface area contributed by atoms with Gasteiger partial charge in [-0.05, 0) is 42.7 Å². The summed E-state index contributed by atoms with van der Waals surface area (Å²) in [6, 6.07) is 5.80. The smallest absolute Gasteiger partial charge is 0.320 e. The summed E-state index contributed by atoms with van der Waals surface area (Å²) in [4.78, 5) is 13.2. The lowest BCUT2D eigenvalue weighted by molar-refractivity contribution is -0.142. The molecule has 4 heteroatoms. The Hall–Kier alpha value is -1.39. The summed E-state index contributed by atoms with van der Waals surface area (Å²) in [5, 5.41) is 21.9. The van der Waals surface area contributed by atoms with E-state index in [1.807, 2.05) is 12.1 Å². The fourth-order valence-corrected chi connectivity index (χ4v) is 4.71. The predicted octanol–water partition coefficient (Wildman–Crippen LogP) is 6.17. The molecule has 0 spiro atoms. The van der Waals surface area contributed by atoms with Crippen molar-refractivity contribution in [3.8, 4) is 5.75 Å². The molecular formula is C25H42NO3+. The molecule has 2 rings (SSSR count). The molecule has 4 nitrogen and oxygen atoms in total. The summed E-state index contributed by atoms with van der Waals surface area (Å²) in [5.74, 6) is 0.177. The van der Waals surface area contributed by atoms with Crippen LogP contribution in [-0.2, 0) is 10.2 Å². The van der Waals surface area contributed by atoms with Crippen LogP contribution in [0.1, 0.15) is 104 Å². The molecule has 2 atom stereocenters. The number of quaternary nitrogens is 1. The molecule has 29 heavy (non-hydrogen) atoms. The molecule has 0 aromatic heterocycles. The van der Waals surface area contributed by atoms with Crippen molar-refractivity contribution in [3.63, 3.8) is 0 Å². The van der Waals surface area contributed by atoms with Gasteiger partial charge >= 0.3 is 5.91 Å². The lowest BCUT2D eigenvalue weighted by Gasteiger charge is -2.42. The Morgan fingerprint density at radius 1 is 1.10 bits per heavy atom. The molecular weight excluding hydrogens is 362 g/mol. The van der Waals surface area contributed by atoms with Crippen LogP contribution in [0.15, 0.2) is 18.2 Å². The van der Waals surface area contributed by atoms with Gasteiger partial charge in [0.15, 0.2) is 11.4 Å². The molecule has 1 saturated heterocycles. The van der Waals surface area contributed by atoms with Crippen LogP contribution >= 0.6 is 0 Å². The number of rotatable bonds is 10. The minimum atomic E-state index is -0.771. The van der Waals surface area contributed by atoms with E-state index >= 15 is 0 Å². The number of aromatic hydroxyl groups is 1. The van der Waals surface area contributed by atoms with Crippen LogP contribution in [0.5, 0.6) is 5.75 Å². The Morgan fingerprint density at radius 2 is 1.83 bits per heavy atom. The number of hydrogen-bond acceptors (Lipinski definition) is 3. The molecule has 1 aromatic rings. The van der Waals surface area contributed by atoms with Crippen LogP contribution in [0.2, 0.25) is 0 Å². The Kier molecular flexibility index (Phi) is 8.72. The zero-order valence-corrected chi connectivity index (χ0v) is 19.0. The van der Waals surface area contributed by atoms with Gasteiger partial charge in [0.1, 0.15) is 0 Å². The molecule has 1 aromatic carbocycles. The summed E-state index contributed by atoms with van der Waals surface area (Å²) in [6.45, 7) is 9.30. The number of nitrogens with zero attached hydrogens (tertiary/aromatic N) is 1. The standard InChI is InChI=1S/C25H41NO3/c1-5-7-9-11-17-25(3,4)20-15-16-21(22(27)19-20)26(23(28)13-8-6-2)18-12-10-14-24(26)29/h15-16,19,24,29H,5-14,17-18H2,1-4H3/p+1. The van der Waals surface area contributed by atoms with Gasteiger partial charge in [-0.1, -0.05) is 65.9 Å². The molecule has 0 bridgehead atoms. The third-order valence-corrected chi connectivity index (χ3v) is 6.76. The molecule has 0 aliphatic carbocycles. The van der Waals surface area contributed by atoms with Crippen LogP contribution in [0.3, 0.4) is 0 Å². The summed E-state index contributed by atoms with van der Waals surface area (Å²) in [6.07, 6.45) is 9.82. The zero-order valence-electron chi connectivity index (χ0n) is 19.0. The molecule has 1 aliphatic heterocycles. The van der Waals surface area contributed by atoms with E-state index in [-0.39, 0.29) is 21.6 Å². The number of piperidine rings is 1. The molecule has 2 unspecified atom stereocenters. The van der Waals surface area contributed by atoms with E-state index in [2.05, 4.69) is 33.8 Å². The van der Waals surface area contributed by atoms with Crippen molar-refractivity contribution in [3.05, 3.63) is 23.8 Å². The van der Waals surface area contributed by atoms with E-state index < -0.39 is 6.23 Å². The summed E-state index contributed by atoms with van der Waals surface area (Å²) in [7, 11) is 0. The minimum Gasteiger partial charge on any atom is -0.503 e. The Balaban J connectivity index is 2.32. The maximum absolute atomic E-state index is 13.2.